The molecule has 1 aromatic carbocycles. The van der Waals surface area contributed by atoms with E-state index in [-0.39, 0.29) is 12.5 Å². The van der Waals surface area contributed by atoms with Gasteiger partial charge in [0.25, 0.3) is 5.91 Å². The molecule has 0 unspecified atom stereocenters. The number of aromatic nitrogens is 1. The highest BCUT2D eigenvalue weighted by molar-refractivity contribution is 9.10. The molecule has 2 heterocycles. The molecular formula is C18H20BrN3O3. The molecule has 1 N–H and O–H groups in total. The molecule has 1 aliphatic rings. The van der Waals surface area contributed by atoms with Crippen LogP contribution in [0.3, 0.4) is 0 Å². The van der Waals surface area contributed by atoms with Gasteiger partial charge in [0.1, 0.15) is 5.75 Å². The first kappa shape index (κ1) is 17.8. The molecule has 3 rings (SSSR count). The van der Waals surface area contributed by atoms with E-state index in [9.17, 15) is 4.79 Å². The lowest BCUT2D eigenvalue weighted by atomic mass is 10.2. The third kappa shape index (κ3) is 4.78. The van der Waals surface area contributed by atoms with Crippen LogP contribution in [-0.2, 0) is 0 Å². The van der Waals surface area contributed by atoms with Crippen molar-refractivity contribution in [1.29, 1.82) is 0 Å². The lowest BCUT2D eigenvalue weighted by Gasteiger charge is -2.34. The van der Waals surface area contributed by atoms with Gasteiger partial charge in [-0.25, -0.2) is 4.98 Å². The first-order valence-electron chi connectivity index (χ1n) is 8.17. The van der Waals surface area contributed by atoms with Crippen molar-refractivity contribution in [2.75, 3.05) is 39.3 Å². The average molecular weight is 406 g/mol. The summed E-state index contributed by atoms with van der Waals surface area (Å²) in [6, 6.07) is 10.9. The number of benzene rings is 1. The highest BCUT2D eigenvalue weighted by atomic mass is 79.9. The molecule has 0 atom stereocenters. The molecule has 0 radical (unpaired) electrons. The lowest BCUT2D eigenvalue weighted by molar-refractivity contribution is 0.0614. The quantitative estimate of drug-likeness (QED) is 0.826. The second kappa shape index (κ2) is 8.42. The molecule has 1 aromatic heterocycles. The van der Waals surface area contributed by atoms with Crippen LogP contribution in [-0.4, -0.2) is 65.1 Å². The number of rotatable bonds is 5. The summed E-state index contributed by atoms with van der Waals surface area (Å²) < 4.78 is 6.65. The van der Waals surface area contributed by atoms with Crippen LogP contribution >= 0.6 is 15.9 Å². The van der Waals surface area contributed by atoms with Gasteiger partial charge in [0.15, 0.2) is 0 Å². The standard InChI is InChI=1S/C18H20BrN3O3/c19-15-2-4-16(5-3-15)25-17-6-1-14(13-20-17)18(24)22-9-7-21(8-10-22)11-12-23/h1-6,13,23H,7-12H2. The van der Waals surface area contributed by atoms with Crippen molar-refractivity contribution in [3.8, 4) is 11.6 Å². The Morgan fingerprint density at radius 2 is 1.84 bits per heavy atom. The number of hydrogen-bond acceptors (Lipinski definition) is 5. The number of pyridine rings is 1. The van der Waals surface area contributed by atoms with Crippen LogP contribution in [0.1, 0.15) is 10.4 Å². The van der Waals surface area contributed by atoms with E-state index in [0.29, 0.717) is 36.8 Å². The normalized spacial score (nSPS) is 15.2. The van der Waals surface area contributed by atoms with Gasteiger partial charge in [-0.15, -0.1) is 0 Å². The van der Waals surface area contributed by atoms with Crippen LogP contribution in [0.5, 0.6) is 11.6 Å². The number of hydrogen-bond donors (Lipinski definition) is 1. The largest absolute Gasteiger partial charge is 0.439 e. The van der Waals surface area contributed by atoms with Gasteiger partial charge in [0, 0.05) is 49.5 Å². The molecule has 0 bridgehead atoms. The van der Waals surface area contributed by atoms with Gasteiger partial charge in [-0.2, -0.15) is 0 Å². The van der Waals surface area contributed by atoms with Crippen molar-refractivity contribution in [2.24, 2.45) is 0 Å². The van der Waals surface area contributed by atoms with E-state index in [4.69, 9.17) is 9.84 Å². The lowest BCUT2D eigenvalue weighted by Crippen LogP contribution is -2.49. The Kier molecular flexibility index (Phi) is 6.01. The maximum Gasteiger partial charge on any atom is 0.255 e. The number of ether oxygens (including phenoxy) is 1. The monoisotopic (exact) mass is 405 g/mol. The van der Waals surface area contributed by atoms with Gasteiger partial charge in [-0.05, 0) is 30.3 Å². The summed E-state index contributed by atoms with van der Waals surface area (Å²) in [6.45, 7) is 3.70. The van der Waals surface area contributed by atoms with Gasteiger partial charge in [0.2, 0.25) is 5.88 Å². The summed E-state index contributed by atoms with van der Waals surface area (Å²) in [5.41, 5.74) is 0.554. The van der Waals surface area contributed by atoms with E-state index < -0.39 is 0 Å². The van der Waals surface area contributed by atoms with Crippen LogP contribution in [0.2, 0.25) is 0 Å². The molecule has 1 aliphatic heterocycles. The molecule has 0 saturated carbocycles. The number of carbonyl (C=O) groups excluding carboxylic acids is 1. The van der Waals surface area contributed by atoms with Crippen molar-refractivity contribution in [3.63, 3.8) is 0 Å². The summed E-state index contributed by atoms with van der Waals surface area (Å²) in [7, 11) is 0. The van der Waals surface area contributed by atoms with Crippen LogP contribution < -0.4 is 4.74 Å². The Hall–Kier alpha value is -1.96. The number of carbonyl (C=O) groups is 1. The number of halogens is 1. The van der Waals surface area contributed by atoms with Crippen LogP contribution in [0, 0.1) is 0 Å². The molecule has 1 saturated heterocycles. The van der Waals surface area contributed by atoms with Gasteiger partial charge in [0.05, 0.1) is 12.2 Å². The molecule has 6 nitrogen and oxygen atoms in total. The minimum Gasteiger partial charge on any atom is -0.439 e. The van der Waals surface area contributed by atoms with E-state index >= 15 is 0 Å². The molecule has 0 aliphatic carbocycles. The third-order valence-electron chi connectivity index (χ3n) is 4.10. The number of amides is 1. The number of nitrogens with zero attached hydrogens (tertiary/aromatic N) is 3. The van der Waals surface area contributed by atoms with Gasteiger partial charge < -0.3 is 14.7 Å². The topological polar surface area (TPSA) is 65.9 Å². The number of aliphatic hydroxyl groups excluding tert-OH is 1. The first-order chi connectivity index (χ1) is 12.2. The summed E-state index contributed by atoms with van der Waals surface area (Å²) in [5.74, 6) is 1.12. The molecule has 1 amide bonds. The molecule has 132 valence electrons. The van der Waals surface area contributed by atoms with Gasteiger partial charge in [-0.3, -0.25) is 9.69 Å². The fourth-order valence-electron chi connectivity index (χ4n) is 2.69. The van der Waals surface area contributed by atoms with Crippen molar-refractivity contribution >= 4 is 21.8 Å². The minimum absolute atomic E-state index is 0.0219. The predicted molar refractivity (Wildman–Crippen MR) is 97.9 cm³/mol. The van der Waals surface area contributed by atoms with Crippen LogP contribution in [0.25, 0.3) is 0 Å². The second-order valence-corrected chi connectivity index (χ2v) is 6.71. The van der Waals surface area contributed by atoms with Gasteiger partial charge in [-0.1, -0.05) is 15.9 Å². The van der Waals surface area contributed by atoms with Crippen molar-refractivity contribution in [3.05, 3.63) is 52.6 Å². The Labute approximate surface area is 155 Å². The summed E-state index contributed by atoms with van der Waals surface area (Å²) >= 11 is 3.38. The first-order valence-corrected chi connectivity index (χ1v) is 8.97. The third-order valence-corrected chi connectivity index (χ3v) is 4.62. The number of piperazine rings is 1. The summed E-state index contributed by atoms with van der Waals surface area (Å²) in [4.78, 5) is 20.7. The Balaban J connectivity index is 1.58. The molecule has 2 aromatic rings. The minimum atomic E-state index is -0.0219. The van der Waals surface area contributed by atoms with Crippen molar-refractivity contribution < 1.29 is 14.6 Å². The number of β-amino-alcohol motifs (C(OH)–C–C–N with tert-alkyl or cyclic N) is 1. The fourth-order valence-corrected chi connectivity index (χ4v) is 2.95. The molecule has 25 heavy (non-hydrogen) atoms. The van der Waals surface area contributed by atoms with E-state index in [1.807, 2.05) is 29.2 Å². The summed E-state index contributed by atoms with van der Waals surface area (Å²) in [6.07, 6.45) is 1.55. The van der Waals surface area contributed by atoms with Gasteiger partial charge >= 0.3 is 0 Å². The van der Waals surface area contributed by atoms with E-state index in [1.54, 1.807) is 18.3 Å². The Morgan fingerprint density at radius 3 is 2.44 bits per heavy atom. The van der Waals surface area contributed by atoms with Crippen molar-refractivity contribution in [2.45, 2.75) is 0 Å². The zero-order valence-electron chi connectivity index (χ0n) is 13.8. The SMILES string of the molecule is O=C(c1ccc(Oc2ccc(Br)cc2)nc1)N1CCN(CCO)CC1. The average Bonchev–Trinajstić information content (AvgIpc) is 2.65. The Bertz CT molecular complexity index is 699. The van der Waals surface area contributed by atoms with Crippen molar-refractivity contribution in [1.82, 2.24) is 14.8 Å². The van der Waals surface area contributed by atoms with E-state index in [2.05, 4.69) is 25.8 Å². The molecule has 0 spiro atoms. The Morgan fingerprint density at radius 1 is 1.12 bits per heavy atom. The van der Waals surface area contributed by atoms with Crippen LogP contribution in [0.4, 0.5) is 0 Å². The highest BCUT2D eigenvalue weighted by Gasteiger charge is 2.22. The second-order valence-electron chi connectivity index (χ2n) is 5.80. The maximum atomic E-state index is 12.5. The highest BCUT2D eigenvalue weighted by Crippen LogP contribution is 2.22. The predicted octanol–water partition coefficient (Wildman–Crippen LogP) is 2.39. The fraction of sp³-hybridized carbons (Fsp3) is 0.333. The molecular weight excluding hydrogens is 386 g/mol. The zero-order valence-corrected chi connectivity index (χ0v) is 15.4. The molecule has 7 heteroatoms. The van der Waals surface area contributed by atoms with Crippen LogP contribution in [0.15, 0.2) is 47.1 Å². The maximum absolute atomic E-state index is 12.5. The zero-order chi connectivity index (χ0) is 17.6. The summed E-state index contributed by atoms with van der Waals surface area (Å²) in [5, 5.41) is 8.97. The smallest absolute Gasteiger partial charge is 0.255 e. The number of aliphatic hydroxyl groups is 1. The van der Waals surface area contributed by atoms with E-state index in [1.165, 1.54) is 0 Å². The van der Waals surface area contributed by atoms with E-state index in [0.717, 1.165) is 17.6 Å². The molecule has 1 fully saturated rings.